The first-order valence-corrected chi connectivity index (χ1v) is 8.98. The molecule has 3 N–H and O–H groups in total. The smallest absolute Gasteiger partial charge is 0.241 e. The van der Waals surface area contributed by atoms with Crippen LogP contribution in [0.25, 0.3) is 0 Å². The Kier molecular flexibility index (Phi) is 7.53. The molecule has 5 nitrogen and oxygen atoms in total. The Morgan fingerprint density at radius 2 is 1.92 bits per heavy atom. The van der Waals surface area contributed by atoms with Crippen molar-refractivity contribution < 1.29 is 9.53 Å². The quantitative estimate of drug-likeness (QED) is 0.767. The lowest BCUT2D eigenvalue weighted by atomic mass is 9.85. The van der Waals surface area contributed by atoms with Crippen LogP contribution in [0.2, 0.25) is 0 Å². The number of carbonyl (C=O) groups excluding carboxylic acids is 1. The molecular formula is C19H31N3O2. The summed E-state index contributed by atoms with van der Waals surface area (Å²) in [5, 5.41) is 2.91. The van der Waals surface area contributed by atoms with E-state index in [2.05, 4.69) is 10.2 Å². The van der Waals surface area contributed by atoms with E-state index in [9.17, 15) is 4.79 Å². The van der Waals surface area contributed by atoms with Gasteiger partial charge in [0.05, 0.1) is 6.04 Å². The number of hydrogen-bond donors (Lipinski definition) is 2. The average molecular weight is 333 g/mol. The van der Waals surface area contributed by atoms with Crippen molar-refractivity contribution >= 4 is 11.6 Å². The van der Waals surface area contributed by atoms with E-state index in [1.165, 1.54) is 32.1 Å². The summed E-state index contributed by atoms with van der Waals surface area (Å²) in [7, 11) is 4.02. The molecule has 1 atom stereocenters. The molecule has 134 valence electrons. The number of anilines is 1. The van der Waals surface area contributed by atoms with Crippen molar-refractivity contribution in [2.24, 2.45) is 11.7 Å². The van der Waals surface area contributed by atoms with Gasteiger partial charge in [0, 0.05) is 12.2 Å². The van der Waals surface area contributed by atoms with Crippen molar-refractivity contribution in [1.29, 1.82) is 0 Å². The number of hydrogen-bond acceptors (Lipinski definition) is 4. The van der Waals surface area contributed by atoms with E-state index >= 15 is 0 Å². The minimum absolute atomic E-state index is 0.0955. The van der Waals surface area contributed by atoms with Gasteiger partial charge in [0.1, 0.15) is 12.4 Å². The van der Waals surface area contributed by atoms with Crippen LogP contribution in [0.5, 0.6) is 5.75 Å². The van der Waals surface area contributed by atoms with Gasteiger partial charge < -0.3 is 20.7 Å². The Bertz CT molecular complexity index is 496. The fourth-order valence-electron chi connectivity index (χ4n) is 3.10. The monoisotopic (exact) mass is 333 g/mol. The topological polar surface area (TPSA) is 67.6 Å². The molecule has 2 rings (SSSR count). The molecule has 0 saturated heterocycles. The first-order valence-electron chi connectivity index (χ1n) is 8.98. The summed E-state index contributed by atoms with van der Waals surface area (Å²) >= 11 is 0. The van der Waals surface area contributed by atoms with Crippen LogP contribution in [-0.4, -0.2) is 44.1 Å². The highest BCUT2D eigenvalue weighted by atomic mass is 16.5. The number of benzene rings is 1. The number of likely N-dealkylation sites (N-methyl/N-ethyl adjacent to an activating group) is 1. The maximum Gasteiger partial charge on any atom is 0.241 e. The Balaban J connectivity index is 1.76. The maximum atomic E-state index is 12.2. The van der Waals surface area contributed by atoms with Crippen molar-refractivity contribution in [3.63, 3.8) is 0 Å². The van der Waals surface area contributed by atoms with E-state index in [-0.39, 0.29) is 5.91 Å². The Morgan fingerprint density at radius 1 is 1.25 bits per heavy atom. The molecule has 1 unspecified atom stereocenters. The Labute approximate surface area is 145 Å². The highest BCUT2D eigenvalue weighted by molar-refractivity contribution is 5.94. The van der Waals surface area contributed by atoms with Gasteiger partial charge in [-0.2, -0.15) is 0 Å². The lowest BCUT2D eigenvalue weighted by molar-refractivity contribution is -0.117. The van der Waals surface area contributed by atoms with Gasteiger partial charge in [-0.05, 0) is 50.7 Å². The van der Waals surface area contributed by atoms with Crippen LogP contribution >= 0.6 is 0 Å². The molecule has 1 aromatic rings. The summed E-state index contributed by atoms with van der Waals surface area (Å²) in [5.74, 6) is 1.31. The minimum atomic E-state index is -0.427. The minimum Gasteiger partial charge on any atom is -0.492 e. The number of carbonyl (C=O) groups is 1. The fourth-order valence-corrected chi connectivity index (χ4v) is 3.10. The SMILES string of the molecule is CN(C)CCOc1ccc(NC(=O)C(N)CC2CCCCC2)cc1. The van der Waals surface area contributed by atoms with E-state index < -0.39 is 6.04 Å². The number of ether oxygens (including phenoxy) is 1. The van der Waals surface area contributed by atoms with E-state index in [1.807, 2.05) is 38.4 Å². The molecule has 0 bridgehead atoms. The van der Waals surface area contributed by atoms with E-state index in [0.29, 0.717) is 12.5 Å². The highest BCUT2D eigenvalue weighted by Gasteiger charge is 2.21. The first kappa shape index (κ1) is 18.7. The molecule has 1 aromatic carbocycles. The molecule has 1 fully saturated rings. The molecule has 1 saturated carbocycles. The molecule has 1 aliphatic carbocycles. The second-order valence-corrected chi connectivity index (χ2v) is 7.01. The molecule has 0 heterocycles. The maximum absolute atomic E-state index is 12.2. The number of nitrogens with two attached hydrogens (primary N) is 1. The zero-order chi connectivity index (χ0) is 17.4. The van der Waals surface area contributed by atoms with Crippen LogP contribution < -0.4 is 15.8 Å². The number of nitrogens with one attached hydrogen (secondary N) is 1. The summed E-state index contributed by atoms with van der Waals surface area (Å²) < 4.78 is 5.65. The van der Waals surface area contributed by atoms with Crippen LogP contribution in [0.3, 0.4) is 0 Å². The zero-order valence-electron chi connectivity index (χ0n) is 15.0. The van der Waals surface area contributed by atoms with Gasteiger partial charge in [0.15, 0.2) is 0 Å². The predicted octanol–water partition coefficient (Wildman–Crippen LogP) is 2.86. The zero-order valence-corrected chi connectivity index (χ0v) is 15.0. The summed E-state index contributed by atoms with van der Waals surface area (Å²) in [6, 6.07) is 7.03. The fraction of sp³-hybridized carbons (Fsp3) is 0.632. The van der Waals surface area contributed by atoms with Gasteiger partial charge in [-0.3, -0.25) is 4.79 Å². The van der Waals surface area contributed by atoms with Crippen molar-refractivity contribution in [2.45, 2.75) is 44.6 Å². The van der Waals surface area contributed by atoms with Crippen molar-refractivity contribution in [2.75, 3.05) is 32.6 Å². The summed E-state index contributed by atoms with van der Waals surface area (Å²) in [4.78, 5) is 14.3. The van der Waals surface area contributed by atoms with Crippen LogP contribution in [0.15, 0.2) is 24.3 Å². The van der Waals surface area contributed by atoms with Crippen LogP contribution in [0.1, 0.15) is 38.5 Å². The largest absolute Gasteiger partial charge is 0.492 e. The standard InChI is InChI=1S/C19H31N3O2/c1-22(2)12-13-24-17-10-8-16(9-11-17)21-19(23)18(20)14-15-6-4-3-5-7-15/h8-11,15,18H,3-7,12-14,20H2,1-2H3,(H,21,23). The summed E-state index contributed by atoms with van der Waals surface area (Å²) in [5.41, 5.74) is 6.84. The number of amides is 1. The lowest BCUT2D eigenvalue weighted by Gasteiger charge is -2.24. The predicted molar refractivity (Wildman–Crippen MR) is 98.3 cm³/mol. The molecule has 0 radical (unpaired) electrons. The van der Waals surface area contributed by atoms with E-state index in [4.69, 9.17) is 10.5 Å². The number of rotatable bonds is 8. The third-order valence-electron chi connectivity index (χ3n) is 4.58. The highest BCUT2D eigenvalue weighted by Crippen LogP contribution is 2.27. The Morgan fingerprint density at radius 3 is 2.54 bits per heavy atom. The average Bonchev–Trinajstić information content (AvgIpc) is 2.57. The molecule has 1 aliphatic rings. The van der Waals surface area contributed by atoms with Gasteiger partial charge in [-0.1, -0.05) is 32.1 Å². The molecular weight excluding hydrogens is 302 g/mol. The van der Waals surface area contributed by atoms with Crippen molar-refractivity contribution in [1.82, 2.24) is 4.90 Å². The first-order chi connectivity index (χ1) is 11.5. The summed E-state index contributed by atoms with van der Waals surface area (Å²) in [6.45, 7) is 1.51. The van der Waals surface area contributed by atoms with Gasteiger partial charge in [-0.15, -0.1) is 0 Å². The van der Waals surface area contributed by atoms with Gasteiger partial charge in [0.2, 0.25) is 5.91 Å². The molecule has 24 heavy (non-hydrogen) atoms. The normalized spacial score (nSPS) is 16.8. The molecule has 0 aromatic heterocycles. The second kappa shape index (κ2) is 9.64. The number of nitrogens with zero attached hydrogens (tertiary/aromatic N) is 1. The van der Waals surface area contributed by atoms with E-state index in [1.54, 1.807) is 0 Å². The van der Waals surface area contributed by atoms with Crippen molar-refractivity contribution in [3.8, 4) is 5.75 Å². The van der Waals surface area contributed by atoms with E-state index in [0.717, 1.165) is 24.4 Å². The van der Waals surface area contributed by atoms with Gasteiger partial charge in [0.25, 0.3) is 0 Å². The van der Waals surface area contributed by atoms with Crippen LogP contribution in [0.4, 0.5) is 5.69 Å². The molecule has 0 aliphatic heterocycles. The van der Waals surface area contributed by atoms with Crippen LogP contribution in [-0.2, 0) is 4.79 Å². The molecule has 0 spiro atoms. The van der Waals surface area contributed by atoms with Crippen LogP contribution in [0, 0.1) is 5.92 Å². The molecule has 1 amide bonds. The summed E-state index contributed by atoms with van der Waals surface area (Å²) in [6.07, 6.45) is 7.07. The third kappa shape index (κ3) is 6.49. The lowest BCUT2D eigenvalue weighted by Crippen LogP contribution is -2.37. The van der Waals surface area contributed by atoms with Gasteiger partial charge >= 0.3 is 0 Å². The molecule has 5 heteroatoms. The Hall–Kier alpha value is -1.59. The second-order valence-electron chi connectivity index (χ2n) is 7.01. The third-order valence-corrected chi connectivity index (χ3v) is 4.58. The van der Waals surface area contributed by atoms with Crippen molar-refractivity contribution in [3.05, 3.63) is 24.3 Å². The van der Waals surface area contributed by atoms with Gasteiger partial charge in [-0.25, -0.2) is 0 Å².